The molecule has 0 unspecified atom stereocenters. The second-order valence-electron chi connectivity index (χ2n) is 7.36. The van der Waals surface area contributed by atoms with Crippen molar-refractivity contribution >= 4 is 11.5 Å². The highest BCUT2D eigenvalue weighted by Gasteiger charge is 2.12. The lowest BCUT2D eigenvalue weighted by atomic mass is 10.1. The molecule has 0 saturated heterocycles. The average Bonchev–Trinajstić information content (AvgIpc) is 3.24. The van der Waals surface area contributed by atoms with Gasteiger partial charge in [-0.1, -0.05) is 42.5 Å². The van der Waals surface area contributed by atoms with Crippen molar-refractivity contribution in [3.8, 4) is 22.5 Å². The molecule has 31 heavy (non-hydrogen) atoms. The number of nitrogens with one attached hydrogen (secondary N) is 1. The van der Waals surface area contributed by atoms with E-state index in [2.05, 4.69) is 34.3 Å². The van der Waals surface area contributed by atoms with Crippen molar-refractivity contribution in [2.45, 2.75) is 13.0 Å². The molecule has 0 amide bonds. The van der Waals surface area contributed by atoms with Crippen LogP contribution in [0.3, 0.4) is 0 Å². The van der Waals surface area contributed by atoms with Crippen LogP contribution in [0.4, 0.5) is 10.2 Å². The lowest BCUT2D eigenvalue weighted by Crippen LogP contribution is -2.08. The summed E-state index contributed by atoms with van der Waals surface area (Å²) in [6.45, 7) is 2.09. The highest BCUT2D eigenvalue weighted by Crippen LogP contribution is 2.25. The molecule has 1 atom stereocenters. The molecule has 0 bridgehead atoms. The minimum Gasteiger partial charge on any atom is -0.362 e. The largest absolute Gasteiger partial charge is 0.362 e. The summed E-state index contributed by atoms with van der Waals surface area (Å²) in [7, 11) is 0. The quantitative estimate of drug-likeness (QED) is 0.400. The third-order valence-electron chi connectivity index (χ3n) is 5.24. The van der Waals surface area contributed by atoms with E-state index in [0.29, 0.717) is 11.5 Å². The number of rotatable bonds is 5. The molecule has 6 heteroatoms. The Hall–Kier alpha value is -4.06. The maximum Gasteiger partial charge on any atom is 0.145 e. The minimum absolute atomic E-state index is 0.0954. The van der Waals surface area contributed by atoms with Crippen LogP contribution in [0.1, 0.15) is 18.5 Å². The summed E-state index contributed by atoms with van der Waals surface area (Å²) in [6.07, 6.45) is 7.22. The Balaban J connectivity index is 1.48. The normalized spacial score (nSPS) is 12.1. The summed E-state index contributed by atoms with van der Waals surface area (Å²) in [6, 6.07) is 20.7. The van der Waals surface area contributed by atoms with E-state index in [-0.39, 0.29) is 11.9 Å². The Morgan fingerprint density at radius 1 is 0.871 bits per heavy atom. The molecule has 0 spiro atoms. The molecule has 0 aliphatic rings. The number of nitrogens with zero attached hydrogens (tertiary/aromatic N) is 4. The van der Waals surface area contributed by atoms with Crippen molar-refractivity contribution in [1.82, 2.24) is 19.4 Å². The molecule has 3 heterocycles. The van der Waals surface area contributed by atoms with E-state index in [1.54, 1.807) is 30.7 Å². The number of aromatic nitrogens is 4. The SMILES string of the molecule is C[C@H](Nc1cncc(-c2cnc3ccc(-c4ccc(F)cc4)cn23)n1)c1ccccc1. The monoisotopic (exact) mass is 409 g/mol. The molecule has 2 aromatic carbocycles. The van der Waals surface area contributed by atoms with Crippen LogP contribution in [0.15, 0.2) is 91.5 Å². The number of benzene rings is 2. The predicted molar refractivity (Wildman–Crippen MR) is 120 cm³/mol. The van der Waals surface area contributed by atoms with Gasteiger partial charge in [0.05, 0.1) is 24.3 Å². The smallest absolute Gasteiger partial charge is 0.145 e. The van der Waals surface area contributed by atoms with Crippen molar-refractivity contribution in [1.29, 1.82) is 0 Å². The fourth-order valence-corrected chi connectivity index (χ4v) is 3.59. The van der Waals surface area contributed by atoms with Crippen LogP contribution >= 0.6 is 0 Å². The Kier molecular flexibility index (Phi) is 4.88. The van der Waals surface area contributed by atoms with Gasteiger partial charge < -0.3 is 5.32 Å². The van der Waals surface area contributed by atoms with Gasteiger partial charge in [-0.05, 0) is 47.9 Å². The first-order chi connectivity index (χ1) is 15.2. The maximum atomic E-state index is 13.3. The zero-order valence-corrected chi connectivity index (χ0v) is 16.9. The Bertz CT molecular complexity index is 1330. The van der Waals surface area contributed by atoms with E-state index in [0.717, 1.165) is 22.5 Å². The Morgan fingerprint density at radius 2 is 1.65 bits per heavy atom. The first-order valence-corrected chi connectivity index (χ1v) is 10.0. The van der Waals surface area contributed by atoms with Gasteiger partial charge in [0.2, 0.25) is 0 Å². The first-order valence-electron chi connectivity index (χ1n) is 10.0. The predicted octanol–water partition coefficient (Wildman–Crippen LogP) is 5.77. The van der Waals surface area contributed by atoms with E-state index in [1.807, 2.05) is 40.9 Å². The van der Waals surface area contributed by atoms with Gasteiger partial charge >= 0.3 is 0 Å². The van der Waals surface area contributed by atoms with Crippen LogP contribution in [0.2, 0.25) is 0 Å². The molecule has 5 nitrogen and oxygen atoms in total. The molecule has 0 saturated carbocycles. The summed E-state index contributed by atoms with van der Waals surface area (Å²) < 4.78 is 15.3. The molecule has 0 aliphatic heterocycles. The lowest BCUT2D eigenvalue weighted by molar-refractivity contribution is 0.628. The topological polar surface area (TPSA) is 55.1 Å². The zero-order chi connectivity index (χ0) is 21.2. The van der Waals surface area contributed by atoms with Crippen LogP contribution in [0.25, 0.3) is 28.2 Å². The second kappa shape index (κ2) is 7.99. The lowest BCUT2D eigenvalue weighted by Gasteiger charge is -2.15. The summed E-state index contributed by atoms with van der Waals surface area (Å²) >= 11 is 0. The van der Waals surface area contributed by atoms with Gasteiger partial charge in [0, 0.05) is 12.2 Å². The van der Waals surface area contributed by atoms with Crippen molar-refractivity contribution in [2.24, 2.45) is 0 Å². The Labute approximate surface area is 179 Å². The van der Waals surface area contributed by atoms with E-state index >= 15 is 0 Å². The summed E-state index contributed by atoms with van der Waals surface area (Å²) in [5, 5.41) is 3.41. The van der Waals surface area contributed by atoms with Crippen LogP contribution in [0.5, 0.6) is 0 Å². The zero-order valence-electron chi connectivity index (χ0n) is 16.9. The van der Waals surface area contributed by atoms with Crippen LogP contribution < -0.4 is 5.32 Å². The van der Waals surface area contributed by atoms with E-state index in [1.165, 1.54) is 17.7 Å². The van der Waals surface area contributed by atoms with Crippen LogP contribution in [0, 0.1) is 5.82 Å². The molecule has 5 rings (SSSR count). The van der Waals surface area contributed by atoms with Crippen molar-refractivity contribution in [3.05, 3.63) is 103 Å². The van der Waals surface area contributed by atoms with Crippen molar-refractivity contribution < 1.29 is 4.39 Å². The van der Waals surface area contributed by atoms with Crippen molar-refractivity contribution in [2.75, 3.05) is 5.32 Å². The van der Waals surface area contributed by atoms with Gasteiger partial charge in [-0.25, -0.2) is 14.4 Å². The van der Waals surface area contributed by atoms with Crippen molar-refractivity contribution in [3.63, 3.8) is 0 Å². The number of pyridine rings is 1. The van der Waals surface area contributed by atoms with E-state index < -0.39 is 0 Å². The molecule has 3 aromatic heterocycles. The summed E-state index contributed by atoms with van der Waals surface area (Å²) in [4.78, 5) is 13.6. The number of hydrogen-bond donors (Lipinski definition) is 1. The molecule has 152 valence electrons. The molecular weight excluding hydrogens is 389 g/mol. The fraction of sp³-hybridized carbons (Fsp3) is 0.0800. The average molecular weight is 409 g/mol. The molecule has 0 fully saturated rings. The molecule has 0 radical (unpaired) electrons. The minimum atomic E-state index is -0.252. The van der Waals surface area contributed by atoms with Gasteiger partial charge in [0.25, 0.3) is 0 Å². The Morgan fingerprint density at radius 3 is 2.45 bits per heavy atom. The number of anilines is 1. The summed E-state index contributed by atoms with van der Waals surface area (Å²) in [5.74, 6) is 0.441. The third-order valence-corrected chi connectivity index (χ3v) is 5.24. The van der Waals surface area contributed by atoms with Crippen LogP contribution in [-0.4, -0.2) is 19.4 Å². The van der Waals surface area contributed by atoms with Crippen LogP contribution in [-0.2, 0) is 0 Å². The summed E-state index contributed by atoms with van der Waals surface area (Å²) in [5.41, 5.74) is 5.43. The van der Waals surface area contributed by atoms with E-state index in [9.17, 15) is 4.39 Å². The molecular formula is C25H20FN5. The van der Waals surface area contributed by atoms with Gasteiger partial charge in [0.15, 0.2) is 0 Å². The first kappa shape index (κ1) is 18.9. The fourth-order valence-electron chi connectivity index (χ4n) is 3.59. The standard InChI is InChI=1S/C25H20FN5/c1-17(18-5-3-2-4-6-18)29-24-15-27-13-22(30-24)23-14-28-25-12-9-20(16-31(23)25)19-7-10-21(26)11-8-19/h2-17H,1H3,(H,29,30)/t17-/m0/s1. The number of imidazole rings is 1. The van der Waals surface area contributed by atoms with Gasteiger partial charge in [-0.15, -0.1) is 0 Å². The third kappa shape index (κ3) is 3.88. The molecule has 5 aromatic rings. The number of hydrogen-bond acceptors (Lipinski definition) is 4. The van der Waals surface area contributed by atoms with Gasteiger partial charge in [-0.3, -0.25) is 9.38 Å². The molecule has 1 N–H and O–H groups in total. The van der Waals surface area contributed by atoms with Gasteiger partial charge in [-0.2, -0.15) is 0 Å². The molecule has 0 aliphatic carbocycles. The number of fused-ring (bicyclic) bond motifs is 1. The van der Waals surface area contributed by atoms with E-state index in [4.69, 9.17) is 4.98 Å². The maximum absolute atomic E-state index is 13.3. The van der Waals surface area contributed by atoms with Gasteiger partial charge in [0.1, 0.15) is 23.0 Å². The highest BCUT2D eigenvalue weighted by molar-refractivity contribution is 5.68. The highest BCUT2D eigenvalue weighted by atomic mass is 19.1. The number of halogens is 1. The second-order valence-corrected chi connectivity index (χ2v) is 7.36.